The van der Waals surface area contributed by atoms with Crippen LogP contribution in [0.25, 0.3) is 6.08 Å². The lowest BCUT2D eigenvalue weighted by atomic mass is 9.90. The third kappa shape index (κ3) is 7.88. The minimum atomic E-state index is -0.377. The van der Waals surface area contributed by atoms with Crippen LogP contribution in [0.15, 0.2) is 84.9 Å². The summed E-state index contributed by atoms with van der Waals surface area (Å²) in [4.78, 5) is 28.2. The van der Waals surface area contributed by atoms with Gasteiger partial charge in [-0.15, -0.1) is 0 Å². The van der Waals surface area contributed by atoms with Crippen LogP contribution in [0.3, 0.4) is 0 Å². The number of rotatable bonds is 10. The molecule has 1 fully saturated rings. The predicted octanol–water partition coefficient (Wildman–Crippen LogP) is 4.17. The van der Waals surface area contributed by atoms with E-state index in [1.807, 2.05) is 66.4 Å². The number of nitrogens with two attached hydrogens (primary N) is 1. The van der Waals surface area contributed by atoms with Gasteiger partial charge in [0.25, 0.3) is 0 Å². The van der Waals surface area contributed by atoms with Gasteiger partial charge in [-0.1, -0.05) is 84.4 Å². The van der Waals surface area contributed by atoms with Gasteiger partial charge < -0.3 is 21.3 Å². The fourth-order valence-electron chi connectivity index (χ4n) is 5.25. The van der Waals surface area contributed by atoms with Gasteiger partial charge in [0.15, 0.2) is 0 Å². The maximum atomic E-state index is 13.6. The van der Waals surface area contributed by atoms with Crippen molar-refractivity contribution in [3.8, 4) is 0 Å². The lowest BCUT2D eigenvalue weighted by molar-refractivity contribution is -0.133. The molecule has 1 saturated heterocycles. The zero-order valence-corrected chi connectivity index (χ0v) is 23.0. The van der Waals surface area contributed by atoms with Gasteiger partial charge in [-0.3, -0.25) is 9.59 Å². The molecule has 2 atom stereocenters. The van der Waals surface area contributed by atoms with Gasteiger partial charge in [0, 0.05) is 37.7 Å². The van der Waals surface area contributed by atoms with Crippen molar-refractivity contribution in [3.63, 3.8) is 0 Å². The summed E-state index contributed by atoms with van der Waals surface area (Å²) in [5, 5.41) is 6.50. The van der Waals surface area contributed by atoms with Crippen molar-refractivity contribution in [1.29, 1.82) is 0 Å². The van der Waals surface area contributed by atoms with E-state index in [2.05, 4.69) is 47.9 Å². The van der Waals surface area contributed by atoms with Crippen molar-refractivity contribution in [2.24, 2.45) is 5.73 Å². The van der Waals surface area contributed by atoms with Gasteiger partial charge in [0.2, 0.25) is 11.8 Å². The molecular formula is C33H40N4O2. The average molecular weight is 525 g/mol. The molecule has 4 N–H and O–H groups in total. The smallest absolute Gasteiger partial charge is 0.244 e. The zero-order chi connectivity index (χ0) is 27.6. The molecular weight excluding hydrogens is 484 g/mol. The van der Waals surface area contributed by atoms with E-state index in [9.17, 15) is 9.59 Å². The summed E-state index contributed by atoms with van der Waals surface area (Å²) in [5.41, 5.74) is 11.6. The van der Waals surface area contributed by atoms with Crippen LogP contribution in [0, 0.1) is 13.8 Å². The topological polar surface area (TPSA) is 87.5 Å². The SMILES string of the molecule is Cc1ccc(/C=C/C(=O)NCC2CCN(CC(c3ccccc3)c3ccccc3)C(=O)C(CCN)N2)c(C)c1. The highest BCUT2D eigenvalue weighted by atomic mass is 16.2. The van der Waals surface area contributed by atoms with Crippen LogP contribution < -0.4 is 16.4 Å². The monoisotopic (exact) mass is 524 g/mol. The lowest BCUT2D eigenvalue weighted by Gasteiger charge is -2.29. The van der Waals surface area contributed by atoms with Crippen molar-refractivity contribution in [2.45, 2.75) is 44.7 Å². The molecule has 6 nitrogen and oxygen atoms in total. The number of aryl methyl sites for hydroxylation is 2. The molecule has 0 aliphatic carbocycles. The minimum absolute atomic E-state index is 0.0270. The number of amides is 2. The molecule has 0 radical (unpaired) electrons. The summed E-state index contributed by atoms with van der Waals surface area (Å²) in [7, 11) is 0. The van der Waals surface area contributed by atoms with Crippen molar-refractivity contribution in [1.82, 2.24) is 15.5 Å². The normalized spacial score (nSPS) is 17.9. The summed E-state index contributed by atoms with van der Waals surface area (Å²) in [6, 6.07) is 26.5. The van der Waals surface area contributed by atoms with Crippen LogP contribution in [0.4, 0.5) is 0 Å². The predicted molar refractivity (Wildman–Crippen MR) is 158 cm³/mol. The van der Waals surface area contributed by atoms with Crippen molar-refractivity contribution < 1.29 is 9.59 Å². The second kappa shape index (κ2) is 13.9. The number of carbonyl (C=O) groups excluding carboxylic acids is 2. The Balaban J connectivity index is 1.43. The Kier molecular flexibility index (Phi) is 10.1. The van der Waals surface area contributed by atoms with E-state index < -0.39 is 0 Å². The molecule has 39 heavy (non-hydrogen) atoms. The third-order valence-corrected chi connectivity index (χ3v) is 7.42. The number of carbonyl (C=O) groups is 2. The molecule has 1 heterocycles. The Morgan fingerprint density at radius 2 is 1.72 bits per heavy atom. The largest absolute Gasteiger partial charge is 0.351 e. The number of nitrogens with zero attached hydrogens (tertiary/aromatic N) is 1. The first kappa shape index (κ1) is 28.3. The number of hydrogen-bond acceptors (Lipinski definition) is 4. The Morgan fingerprint density at radius 1 is 1.05 bits per heavy atom. The zero-order valence-electron chi connectivity index (χ0n) is 23.0. The van der Waals surface area contributed by atoms with Gasteiger partial charge in [0.05, 0.1) is 6.04 Å². The molecule has 204 valence electrons. The van der Waals surface area contributed by atoms with Crippen LogP contribution >= 0.6 is 0 Å². The quantitative estimate of drug-likeness (QED) is 0.348. The van der Waals surface area contributed by atoms with Crippen LogP contribution in [-0.4, -0.2) is 55.0 Å². The maximum absolute atomic E-state index is 13.6. The molecule has 1 aliphatic heterocycles. The Morgan fingerprint density at radius 3 is 2.33 bits per heavy atom. The summed E-state index contributed by atoms with van der Waals surface area (Å²) < 4.78 is 0. The van der Waals surface area contributed by atoms with E-state index in [4.69, 9.17) is 5.73 Å². The van der Waals surface area contributed by atoms with Crippen LogP contribution in [0.1, 0.15) is 46.6 Å². The highest BCUT2D eigenvalue weighted by Gasteiger charge is 2.32. The molecule has 1 aliphatic rings. The van der Waals surface area contributed by atoms with Gasteiger partial charge in [-0.25, -0.2) is 0 Å². The Bertz CT molecular complexity index is 1220. The number of nitrogens with one attached hydrogen (secondary N) is 2. The average Bonchev–Trinajstić information content (AvgIpc) is 3.09. The Hall–Kier alpha value is -3.74. The lowest BCUT2D eigenvalue weighted by Crippen LogP contribution is -2.49. The molecule has 0 bridgehead atoms. The molecule has 0 aromatic heterocycles. The van der Waals surface area contributed by atoms with E-state index in [0.717, 1.165) is 17.5 Å². The summed E-state index contributed by atoms with van der Waals surface area (Å²) >= 11 is 0. The number of hydrogen-bond donors (Lipinski definition) is 3. The van der Waals surface area contributed by atoms with Gasteiger partial charge in [-0.05, 0) is 61.6 Å². The molecule has 2 amide bonds. The molecule has 3 aromatic carbocycles. The third-order valence-electron chi connectivity index (χ3n) is 7.42. The van der Waals surface area contributed by atoms with E-state index in [-0.39, 0.29) is 29.8 Å². The summed E-state index contributed by atoms with van der Waals surface area (Å²) in [5.74, 6) is -0.00447. The van der Waals surface area contributed by atoms with E-state index in [1.165, 1.54) is 16.7 Å². The van der Waals surface area contributed by atoms with Crippen LogP contribution in [-0.2, 0) is 9.59 Å². The van der Waals surface area contributed by atoms with Gasteiger partial charge in [0.1, 0.15) is 0 Å². The molecule has 6 heteroatoms. The second-order valence-electron chi connectivity index (χ2n) is 10.4. The molecule has 4 rings (SSSR count). The van der Waals surface area contributed by atoms with E-state index in [0.29, 0.717) is 32.6 Å². The minimum Gasteiger partial charge on any atom is -0.351 e. The molecule has 2 unspecified atom stereocenters. The van der Waals surface area contributed by atoms with Crippen LogP contribution in [0.2, 0.25) is 0 Å². The van der Waals surface area contributed by atoms with Gasteiger partial charge >= 0.3 is 0 Å². The molecule has 0 saturated carbocycles. The highest BCUT2D eigenvalue weighted by Crippen LogP contribution is 2.27. The molecule has 3 aromatic rings. The van der Waals surface area contributed by atoms with Crippen molar-refractivity contribution >= 4 is 17.9 Å². The van der Waals surface area contributed by atoms with Gasteiger partial charge in [-0.2, -0.15) is 0 Å². The molecule has 0 spiro atoms. The first-order valence-electron chi connectivity index (χ1n) is 13.8. The summed E-state index contributed by atoms with van der Waals surface area (Å²) in [6.07, 6.45) is 4.71. The van der Waals surface area contributed by atoms with Crippen molar-refractivity contribution in [2.75, 3.05) is 26.2 Å². The highest BCUT2D eigenvalue weighted by molar-refractivity contribution is 5.92. The summed E-state index contributed by atoms with van der Waals surface area (Å²) in [6.45, 7) is 6.16. The first-order chi connectivity index (χ1) is 18.9. The fraction of sp³-hybridized carbons (Fsp3) is 0.333. The van der Waals surface area contributed by atoms with Crippen molar-refractivity contribution in [3.05, 3.63) is 113 Å². The second-order valence-corrected chi connectivity index (χ2v) is 10.4. The number of benzene rings is 3. The standard InChI is InChI=1S/C33H40N4O2/c1-24-13-14-26(25(2)21-24)15-16-32(38)35-22-29-18-20-37(33(39)31(36-29)17-19-34)23-30(27-9-5-3-6-10-27)28-11-7-4-8-12-28/h3-16,21,29-31,36H,17-20,22-23,34H2,1-2H3,(H,35,38)/b16-15+. The fourth-order valence-corrected chi connectivity index (χ4v) is 5.25. The maximum Gasteiger partial charge on any atom is 0.244 e. The Labute approximate surface area is 232 Å². The van der Waals surface area contributed by atoms with E-state index >= 15 is 0 Å². The van der Waals surface area contributed by atoms with E-state index in [1.54, 1.807) is 6.08 Å². The first-order valence-corrected chi connectivity index (χ1v) is 13.8. The van der Waals surface area contributed by atoms with Crippen LogP contribution in [0.5, 0.6) is 0 Å².